The Kier molecular flexibility index (Phi) is 5.50. The zero-order valence-electron chi connectivity index (χ0n) is 13.9. The van der Waals surface area contributed by atoms with E-state index in [4.69, 9.17) is 0 Å². The fourth-order valence-electron chi connectivity index (χ4n) is 2.62. The Balaban J connectivity index is 1.51. The van der Waals surface area contributed by atoms with Crippen LogP contribution < -0.4 is 10.6 Å². The number of tetrazole rings is 1. The van der Waals surface area contributed by atoms with E-state index in [-0.39, 0.29) is 5.91 Å². The van der Waals surface area contributed by atoms with Gasteiger partial charge in [0.1, 0.15) is 6.04 Å². The summed E-state index contributed by atoms with van der Waals surface area (Å²) in [5.74, 6) is 0.429. The quantitative estimate of drug-likeness (QED) is 0.771. The van der Waals surface area contributed by atoms with Gasteiger partial charge >= 0.3 is 0 Å². The molecule has 1 aromatic carbocycles. The maximum absolute atomic E-state index is 12.3. The predicted octanol–water partition coefficient (Wildman–Crippen LogP) is -0.0775. The van der Waals surface area contributed by atoms with Gasteiger partial charge in [0.05, 0.1) is 0 Å². The summed E-state index contributed by atoms with van der Waals surface area (Å²) in [4.78, 5) is 16.0. The third-order valence-electron chi connectivity index (χ3n) is 4.12. The second kappa shape index (κ2) is 7.98. The van der Waals surface area contributed by atoms with Gasteiger partial charge in [-0.05, 0) is 12.1 Å². The van der Waals surface area contributed by atoms with Gasteiger partial charge < -0.3 is 10.6 Å². The van der Waals surface area contributed by atoms with Crippen LogP contribution in [-0.4, -0.2) is 70.3 Å². The number of nitrogens with one attached hydrogen (secondary N) is 2. The van der Waals surface area contributed by atoms with Crippen molar-refractivity contribution in [2.24, 2.45) is 0 Å². The lowest BCUT2D eigenvalue weighted by molar-refractivity contribution is -0.124. The molecule has 1 fully saturated rings. The Morgan fingerprint density at radius 2 is 2.04 bits per heavy atom. The van der Waals surface area contributed by atoms with E-state index in [1.165, 1.54) is 4.80 Å². The average molecular weight is 329 g/mol. The largest absolute Gasteiger partial charge is 0.353 e. The van der Waals surface area contributed by atoms with E-state index in [1.807, 2.05) is 30.3 Å². The maximum Gasteiger partial charge on any atom is 0.246 e. The van der Waals surface area contributed by atoms with E-state index in [0.717, 1.165) is 38.3 Å². The molecule has 0 radical (unpaired) electrons. The first-order valence-electron chi connectivity index (χ1n) is 8.30. The molecule has 2 aromatic rings. The van der Waals surface area contributed by atoms with Gasteiger partial charge in [0.15, 0.2) is 0 Å². The molecule has 1 aliphatic heterocycles. The summed E-state index contributed by atoms with van der Waals surface area (Å²) in [5, 5.41) is 18.6. The lowest BCUT2D eigenvalue weighted by Gasteiger charge is -2.27. The minimum atomic E-state index is -0.488. The van der Waals surface area contributed by atoms with Crippen LogP contribution in [0.4, 0.5) is 0 Å². The zero-order valence-corrected chi connectivity index (χ0v) is 13.9. The van der Waals surface area contributed by atoms with Crippen molar-refractivity contribution in [1.82, 2.24) is 35.7 Å². The van der Waals surface area contributed by atoms with Crippen molar-refractivity contribution in [3.8, 4) is 11.4 Å². The Hall–Kier alpha value is -2.32. The second-order valence-corrected chi connectivity index (χ2v) is 5.86. The number of piperazine rings is 1. The average Bonchev–Trinajstić information content (AvgIpc) is 3.13. The normalized spacial score (nSPS) is 16.7. The molecule has 1 unspecified atom stereocenters. The molecule has 1 aliphatic rings. The highest BCUT2D eigenvalue weighted by Gasteiger charge is 2.19. The lowest BCUT2D eigenvalue weighted by atomic mass is 10.2. The Morgan fingerprint density at radius 3 is 2.79 bits per heavy atom. The first-order valence-corrected chi connectivity index (χ1v) is 8.30. The van der Waals surface area contributed by atoms with Crippen LogP contribution >= 0.6 is 0 Å². The van der Waals surface area contributed by atoms with Crippen LogP contribution in [0.1, 0.15) is 13.0 Å². The Morgan fingerprint density at radius 1 is 1.29 bits per heavy atom. The molecule has 8 heteroatoms. The van der Waals surface area contributed by atoms with Crippen LogP contribution in [0.3, 0.4) is 0 Å². The molecule has 0 bridgehead atoms. The molecule has 3 rings (SSSR count). The summed E-state index contributed by atoms with van der Waals surface area (Å²) in [6.45, 7) is 7.33. The smallest absolute Gasteiger partial charge is 0.246 e. The zero-order chi connectivity index (χ0) is 16.8. The lowest BCUT2D eigenvalue weighted by Crippen LogP contribution is -2.46. The summed E-state index contributed by atoms with van der Waals surface area (Å²) in [6, 6.07) is 9.12. The Bertz CT molecular complexity index is 651. The molecule has 128 valence electrons. The molecule has 0 spiro atoms. The molecule has 8 nitrogen and oxygen atoms in total. The summed E-state index contributed by atoms with van der Waals surface area (Å²) in [7, 11) is 0. The number of rotatable bonds is 6. The van der Waals surface area contributed by atoms with Gasteiger partial charge in [-0.3, -0.25) is 9.69 Å². The number of hydrogen-bond donors (Lipinski definition) is 2. The highest BCUT2D eigenvalue weighted by atomic mass is 16.2. The monoisotopic (exact) mass is 329 g/mol. The Labute approximate surface area is 141 Å². The molecule has 0 saturated carbocycles. The van der Waals surface area contributed by atoms with Crippen LogP contribution in [0, 0.1) is 0 Å². The number of aromatic nitrogens is 4. The molecule has 0 aliphatic carbocycles. The van der Waals surface area contributed by atoms with Gasteiger partial charge in [-0.15, -0.1) is 10.2 Å². The second-order valence-electron chi connectivity index (χ2n) is 5.86. The standard InChI is InChI=1S/C16H23N7O/c1-13(16(24)18-9-12-22-10-7-17-8-11-22)23-20-15(19-21-23)14-5-3-2-4-6-14/h2-6,13,17H,7-12H2,1H3,(H,18,24). The van der Waals surface area contributed by atoms with Crippen LogP contribution in [0.15, 0.2) is 30.3 Å². The fourth-order valence-corrected chi connectivity index (χ4v) is 2.62. The van der Waals surface area contributed by atoms with E-state index < -0.39 is 6.04 Å². The van der Waals surface area contributed by atoms with Crippen molar-refractivity contribution in [1.29, 1.82) is 0 Å². The molecule has 1 amide bonds. The summed E-state index contributed by atoms with van der Waals surface area (Å²) < 4.78 is 0. The van der Waals surface area contributed by atoms with Gasteiger partial charge in [-0.2, -0.15) is 4.80 Å². The van der Waals surface area contributed by atoms with Crippen LogP contribution in [-0.2, 0) is 4.79 Å². The molecule has 1 atom stereocenters. The van der Waals surface area contributed by atoms with Gasteiger partial charge in [0, 0.05) is 44.8 Å². The van der Waals surface area contributed by atoms with E-state index >= 15 is 0 Å². The minimum absolute atomic E-state index is 0.0952. The molecule has 2 heterocycles. The van der Waals surface area contributed by atoms with Crippen molar-refractivity contribution in [2.75, 3.05) is 39.3 Å². The molecular weight excluding hydrogens is 306 g/mol. The van der Waals surface area contributed by atoms with Gasteiger partial charge in [0.25, 0.3) is 0 Å². The van der Waals surface area contributed by atoms with Gasteiger partial charge in [-0.25, -0.2) is 0 Å². The summed E-state index contributed by atoms with van der Waals surface area (Å²) >= 11 is 0. The first-order chi connectivity index (χ1) is 11.7. The summed E-state index contributed by atoms with van der Waals surface area (Å²) in [6.07, 6.45) is 0. The van der Waals surface area contributed by atoms with Crippen molar-refractivity contribution in [2.45, 2.75) is 13.0 Å². The van der Waals surface area contributed by atoms with E-state index in [9.17, 15) is 4.79 Å². The molecular formula is C16H23N7O. The van der Waals surface area contributed by atoms with Crippen molar-refractivity contribution in [3.05, 3.63) is 30.3 Å². The van der Waals surface area contributed by atoms with Crippen molar-refractivity contribution < 1.29 is 4.79 Å². The van der Waals surface area contributed by atoms with Crippen molar-refractivity contribution in [3.63, 3.8) is 0 Å². The molecule has 24 heavy (non-hydrogen) atoms. The third-order valence-corrected chi connectivity index (χ3v) is 4.12. The topological polar surface area (TPSA) is 88.0 Å². The van der Waals surface area contributed by atoms with Crippen LogP contribution in [0.5, 0.6) is 0 Å². The highest BCUT2D eigenvalue weighted by molar-refractivity contribution is 5.79. The van der Waals surface area contributed by atoms with E-state index in [2.05, 4.69) is 30.9 Å². The van der Waals surface area contributed by atoms with Crippen LogP contribution in [0.25, 0.3) is 11.4 Å². The maximum atomic E-state index is 12.3. The predicted molar refractivity (Wildman–Crippen MR) is 90.3 cm³/mol. The van der Waals surface area contributed by atoms with Gasteiger partial charge in [-0.1, -0.05) is 30.3 Å². The fraction of sp³-hybridized carbons (Fsp3) is 0.500. The number of nitrogens with zero attached hydrogens (tertiary/aromatic N) is 5. The SMILES string of the molecule is CC(C(=O)NCCN1CCNCC1)n1nnc(-c2ccccc2)n1. The number of carbonyl (C=O) groups excluding carboxylic acids is 1. The number of amides is 1. The van der Waals surface area contributed by atoms with Crippen LogP contribution in [0.2, 0.25) is 0 Å². The minimum Gasteiger partial charge on any atom is -0.353 e. The molecule has 1 aromatic heterocycles. The van der Waals surface area contributed by atoms with Crippen molar-refractivity contribution >= 4 is 5.91 Å². The number of hydrogen-bond acceptors (Lipinski definition) is 6. The highest BCUT2D eigenvalue weighted by Crippen LogP contribution is 2.13. The molecule has 1 saturated heterocycles. The first kappa shape index (κ1) is 16.5. The third kappa shape index (κ3) is 4.15. The summed E-state index contributed by atoms with van der Waals surface area (Å²) in [5.41, 5.74) is 0.884. The molecule has 2 N–H and O–H groups in total. The number of benzene rings is 1. The van der Waals surface area contributed by atoms with E-state index in [1.54, 1.807) is 6.92 Å². The van der Waals surface area contributed by atoms with E-state index in [0.29, 0.717) is 12.4 Å². The number of carbonyl (C=O) groups is 1. The van der Waals surface area contributed by atoms with Gasteiger partial charge in [0.2, 0.25) is 11.7 Å².